The predicted molar refractivity (Wildman–Crippen MR) is 69.7 cm³/mol. The van der Waals surface area contributed by atoms with Crippen LogP contribution in [-0.2, 0) is 9.53 Å². The molecule has 2 rings (SSSR count). The van der Waals surface area contributed by atoms with E-state index in [9.17, 15) is 4.79 Å². The van der Waals surface area contributed by atoms with Crippen LogP contribution in [-0.4, -0.2) is 28.6 Å². The van der Waals surface area contributed by atoms with Crippen molar-refractivity contribution in [3.8, 4) is 0 Å². The fraction of sp³-hybridized carbons (Fsp3) is 0.833. The Morgan fingerprint density at radius 1 is 1.41 bits per heavy atom. The number of carbonyl (C=O) groups excluding carboxylic acids is 1. The molecule has 0 aromatic rings. The molecule has 0 radical (unpaired) electrons. The van der Waals surface area contributed by atoms with Gasteiger partial charge in [-0.1, -0.05) is 25.1 Å². The van der Waals surface area contributed by atoms with Gasteiger partial charge in [-0.15, -0.1) is 0 Å². The van der Waals surface area contributed by atoms with Crippen molar-refractivity contribution in [2.75, 3.05) is 0 Å². The van der Waals surface area contributed by atoms with E-state index in [0.29, 0.717) is 4.99 Å². The van der Waals surface area contributed by atoms with Crippen LogP contribution >= 0.6 is 12.2 Å². The van der Waals surface area contributed by atoms with Crippen LogP contribution in [0.25, 0.3) is 0 Å². The van der Waals surface area contributed by atoms with Gasteiger partial charge in [0.05, 0.1) is 16.6 Å². The van der Waals surface area contributed by atoms with E-state index < -0.39 is 5.54 Å². The zero-order valence-electron chi connectivity index (χ0n) is 10.2. The Morgan fingerprint density at radius 2 is 2.06 bits per heavy atom. The fourth-order valence-corrected chi connectivity index (χ4v) is 2.98. The predicted octanol–water partition coefficient (Wildman–Crippen LogP) is 1.27. The minimum absolute atomic E-state index is 0.0518. The largest absolute Gasteiger partial charge is 0.391 e. The Hall–Kier alpha value is -0.680. The van der Waals surface area contributed by atoms with Crippen molar-refractivity contribution in [2.45, 2.75) is 63.2 Å². The number of thiocarbonyl (C=S) groups is 1. The maximum atomic E-state index is 12.1. The van der Waals surface area contributed by atoms with E-state index in [-0.39, 0.29) is 18.1 Å². The summed E-state index contributed by atoms with van der Waals surface area (Å²) in [6.45, 7) is 1.99. The molecule has 5 heteroatoms. The van der Waals surface area contributed by atoms with E-state index >= 15 is 0 Å². The van der Waals surface area contributed by atoms with Crippen LogP contribution in [0.1, 0.15) is 45.4 Å². The van der Waals surface area contributed by atoms with E-state index in [1.165, 1.54) is 0 Å². The number of amides is 1. The highest BCUT2D eigenvalue weighted by Crippen LogP contribution is 2.31. The molecule has 1 aliphatic heterocycles. The summed E-state index contributed by atoms with van der Waals surface area (Å²) in [6, 6.07) is 0. The third-order valence-electron chi connectivity index (χ3n) is 3.82. The molecule has 3 N–H and O–H groups in total. The van der Waals surface area contributed by atoms with Gasteiger partial charge in [0, 0.05) is 0 Å². The van der Waals surface area contributed by atoms with Crippen LogP contribution in [0, 0.1) is 0 Å². The second-order valence-corrected chi connectivity index (χ2v) is 5.60. The van der Waals surface area contributed by atoms with Gasteiger partial charge < -0.3 is 15.8 Å². The molecule has 0 aromatic carbocycles. The van der Waals surface area contributed by atoms with Crippen LogP contribution in [0.5, 0.6) is 0 Å². The van der Waals surface area contributed by atoms with Crippen LogP contribution in [0.4, 0.5) is 0 Å². The van der Waals surface area contributed by atoms with Gasteiger partial charge in [-0.2, -0.15) is 0 Å². The molecule has 2 unspecified atom stereocenters. The Morgan fingerprint density at radius 3 is 2.53 bits per heavy atom. The first kappa shape index (κ1) is 12.8. The van der Waals surface area contributed by atoms with Crippen LogP contribution in [0.15, 0.2) is 0 Å². The first-order valence-corrected chi connectivity index (χ1v) is 6.72. The second kappa shape index (κ2) is 4.90. The number of nitrogens with one attached hydrogen (secondary N) is 1. The van der Waals surface area contributed by atoms with E-state index in [1.54, 1.807) is 0 Å². The molecular formula is C12H20N2O2S. The number of nitrogens with two attached hydrogens (primary N) is 1. The summed E-state index contributed by atoms with van der Waals surface area (Å²) in [6.07, 6.45) is 5.44. The average molecular weight is 256 g/mol. The lowest BCUT2D eigenvalue weighted by Gasteiger charge is -2.30. The van der Waals surface area contributed by atoms with E-state index in [2.05, 4.69) is 5.32 Å². The number of ether oxygens (including phenoxy) is 1. The Balaban J connectivity index is 1.99. The van der Waals surface area contributed by atoms with Crippen LogP contribution in [0.3, 0.4) is 0 Å². The molecule has 96 valence electrons. The van der Waals surface area contributed by atoms with E-state index in [4.69, 9.17) is 22.7 Å². The minimum Gasteiger partial charge on any atom is -0.391 e. The van der Waals surface area contributed by atoms with Crippen molar-refractivity contribution in [1.82, 2.24) is 5.32 Å². The highest BCUT2D eigenvalue weighted by Gasteiger charge is 2.40. The summed E-state index contributed by atoms with van der Waals surface area (Å²) >= 11 is 5.11. The van der Waals surface area contributed by atoms with Crippen molar-refractivity contribution in [1.29, 1.82) is 0 Å². The molecule has 1 aliphatic carbocycles. The molecule has 1 saturated heterocycles. The van der Waals surface area contributed by atoms with Gasteiger partial charge >= 0.3 is 0 Å². The van der Waals surface area contributed by atoms with Gasteiger partial charge in [-0.25, -0.2) is 0 Å². The van der Waals surface area contributed by atoms with Gasteiger partial charge in [0.1, 0.15) is 6.10 Å². The summed E-state index contributed by atoms with van der Waals surface area (Å²) < 4.78 is 5.56. The molecule has 2 fully saturated rings. The number of carbonyl (C=O) groups is 1. The quantitative estimate of drug-likeness (QED) is 0.746. The number of rotatable bonds is 3. The maximum absolute atomic E-state index is 12.1. The summed E-state index contributed by atoms with van der Waals surface area (Å²) in [7, 11) is 0. The lowest BCUT2D eigenvalue weighted by Crippen LogP contribution is -2.57. The molecule has 0 aromatic heterocycles. The molecular weight excluding hydrogens is 236 g/mol. The van der Waals surface area contributed by atoms with Crippen molar-refractivity contribution in [3.05, 3.63) is 0 Å². The SMILES string of the molecule is CC1CCC(C(=O)NC2(C(N)=S)CCCC2)O1. The Kier molecular flexibility index (Phi) is 3.68. The molecule has 17 heavy (non-hydrogen) atoms. The standard InChI is InChI=1S/C12H20N2O2S/c1-8-4-5-9(16-8)10(15)14-12(11(13)17)6-2-3-7-12/h8-9H,2-7H2,1H3,(H2,13,17)(H,14,15). The Bertz CT molecular complexity index is 326. The minimum atomic E-state index is -0.457. The molecule has 4 nitrogen and oxygen atoms in total. The highest BCUT2D eigenvalue weighted by atomic mass is 32.1. The van der Waals surface area contributed by atoms with Crippen molar-refractivity contribution < 1.29 is 9.53 Å². The monoisotopic (exact) mass is 256 g/mol. The second-order valence-electron chi connectivity index (χ2n) is 5.16. The van der Waals surface area contributed by atoms with Gasteiger partial charge in [0.2, 0.25) is 5.91 Å². The number of hydrogen-bond acceptors (Lipinski definition) is 3. The summed E-state index contributed by atoms with van der Waals surface area (Å²) in [5.74, 6) is -0.0518. The topological polar surface area (TPSA) is 64.4 Å². The smallest absolute Gasteiger partial charge is 0.249 e. The van der Waals surface area contributed by atoms with Crippen LogP contribution < -0.4 is 11.1 Å². The van der Waals surface area contributed by atoms with Gasteiger partial charge in [-0.05, 0) is 32.6 Å². The summed E-state index contributed by atoms with van der Waals surface area (Å²) in [4.78, 5) is 12.5. The zero-order valence-corrected chi connectivity index (χ0v) is 11.0. The van der Waals surface area contributed by atoms with Gasteiger partial charge in [0.25, 0.3) is 0 Å². The molecule has 0 bridgehead atoms. The summed E-state index contributed by atoms with van der Waals surface area (Å²) in [5, 5.41) is 3.02. The van der Waals surface area contributed by atoms with E-state index in [1.807, 2.05) is 6.92 Å². The van der Waals surface area contributed by atoms with Crippen molar-refractivity contribution >= 4 is 23.1 Å². The molecule has 0 spiro atoms. The Labute approximate surface area is 107 Å². The fourth-order valence-electron chi connectivity index (χ4n) is 2.72. The lowest BCUT2D eigenvalue weighted by molar-refractivity contribution is -0.133. The average Bonchev–Trinajstić information content (AvgIpc) is 2.87. The molecule has 1 amide bonds. The third kappa shape index (κ3) is 2.60. The summed E-state index contributed by atoms with van der Waals surface area (Å²) in [5.41, 5.74) is 5.33. The van der Waals surface area contributed by atoms with Crippen LogP contribution in [0.2, 0.25) is 0 Å². The van der Waals surface area contributed by atoms with E-state index in [0.717, 1.165) is 38.5 Å². The van der Waals surface area contributed by atoms with Gasteiger partial charge in [-0.3, -0.25) is 4.79 Å². The number of hydrogen-bond donors (Lipinski definition) is 2. The lowest BCUT2D eigenvalue weighted by atomic mass is 9.97. The maximum Gasteiger partial charge on any atom is 0.249 e. The van der Waals surface area contributed by atoms with Gasteiger partial charge in [0.15, 0.2) is 0 Å². The third-order valence-corrected chi connectivity index (χ3v) is 4.21. The normalized spacial score (nSPS) is 31.4. The van der Waals surface area contributed by atoms with Crippen molar-refractivity contribution in [3.63, 3.8) is 0 Å². The zero-order chi connectivity index (χ0) is 12.5. The first-order valence-electron chi connectivity index (χ1n) is 6.31. The molecule has 2 atom stereocenters. The first-order chi connectivity index (χ1) is 8.03. The van der Waals surface area contributed by atoms with Crippen molar-refractivity contribution in [2.24, 2.45) is 5.73 Å². The molecule has 1 saturated carbocycles. The molecule has 2 aliphatic rings. The highest BCUT2D eigenvalue weighted by molar-refractivity contribution is 7.80. The molecule has 1 heterocycles.